The molecule has 0 saturated heterocycles. The summed E-state index contributed by atoms with van der Waals surface area (Å²) >= 11 is 3.65. The Kier molecular flexibility index (Phi) is 8.68. The molecule has 0 aliphatic carbocycles. The van der Waals surface area contributed by atoms with Gasteiger partial charge in [0, 0.05) is 0 Å². The molecule has 0 saturated carbocycles. The molecule has 0 heterocycles. The van der Waals surface area contributed by atoms with Gasteiger partial charge >= 0.3 is 0 Å². The number of halogens is 1. The van der Waals surface area contributed by atoms with Crippen LogP contribution in [0.1, 0.15) is 23.6 Å². The summed E-state index contributed by atoms with van der Waals surface area (Å²) in [6.07, 6.45) is 1.75. The quantitative estimate of drug-likeness (QED) is 0.166. The van der Waals surface area contributed by atoms with Crippen LogP contribution in [0.5, 0.6) is 23.0 Å². The molecule has 186 valence electrons. The lowest BCUT2D eigenvalue weighted by molar-refractivity contribution is 0.268. The monoisotopic (exact) mass is 548 g/mol. The highest BCUT2D eigenvalue weighted by atomic mass is 79.9. The average Bonchev–Trinajstić information content (AvgIpc) is 2.90. The molecule has 0 spiro atoms. The summed E-state index contributed by atoms with van der Waals surface area (Å²) in [5.41, 5.74) is 6.10. The van der Waals surface area contributed by atoms with Crippen LogP contribution in [0.3, 0.4) is 0 Å². The topological polar surface area (TPSA) is 61.3 Å². The van der Waals surface area contributed by atoms with Gasteiger partial charge in [0.2, 0.25) is 0 Å². The number of hydrogen-bond acceptors (Lipinski definition) is 6. The minimum absolute atomic E-state index is 0.431. The molecular formula is C29H29BrN2O4. The molecule has 1 N–H and O–H groups in total. The molecule has 36 heavy (non-hydrogen) atoms. The molecule has 0 aliphatic heterocycles. The SMILES string of the molecule is CCOc1cc(/C=N\NCc2ccc(OC)c(OC)c2)cc(Br)c1OCc1cccc2ccccc12. The van der Waals surface area contributed by atoms with Crippen LogP contribution in [0.15, 0.2) is 82.4 Å². The number of methoxy groups -OCH3 is 2. The normalized spacial score (nSPS) is 11.0. The van der Waals surface area contributed by atoms with E-state index in [1.807, 2.05) is 55.5 Å². The molecule has 4 aromatic rings. The highest BCUT2D eigenvalue weighted by Gasteiger charge is 2.13. The van der Waals surface area contributed by atoms with E-state index in [1.54, 1.807) is 20.4 Å². The van der Waals surface area contributed by atoms with Crippen LogP contribution in [-0.4, -0.2) is 27.0 Å². The second-order valence-corrected chi connectivity index (χ2v) is 8.83. The molecule has 0 atom stereocenters. The minimum atomic E-state index is 0.431. The number of ether oxygens (including phenoxy) is 4. The fourth-order valence-electron chi connectivity index (χ4n) is 3.88. The maximum Gasteiger partial charge on any atom is 0.175 e. The Balaban J connectivity index is 1.45. The van der Waals surface area contributed by atoms with Crippen LogP contribution in [0.2, 0.25) is 0 Å². The standard InChI is InChI=1S/C29H29BrN2O4/c1-4-35-28-16-21(18-32-31-17-20-12-13-26(33-2)27(15-20)34-3)14-25(30)29(28)36-19-23-10-7-9-22-8-5-6-11-24(22)23/h5-16,18,31H,4,17,19H2,1-3H3/b32-18-. The van der Waals surface area contributed by atoms with E-state index in [0.29, 0.717) is 42.8 Å². The smallest absolute Gasteiger partial charge is 0.175 e. The maximum atomic E-state index is 6.24. The molecule has 0 bridgehead atoms. The van der Waals surface area contributed by atoms with E-state index in [9.17, 15) is 0 Å². The Hall–Kier alpha value is -3.71. The van der Waals surface area contributed by atoms with E-state index in [-0.39, 0.29) is 0 Å². The first kappa shape index (κ1) is 25.4. The number of benzene rings is 4. The van der Waals surface area contributed by atoms with Crippen molar-refractivity contribution in [3.05, 3.63) is 94.0 Å². The first-order valence-corrected chi connectivity index (χ1v) is 12.4. The Morgan fingerprint density at radius 2 is 1.67 bits per heavy atom. The largest absolute Gasteiger partial charge is 0.493 e. The molecule has 0 radical (unpaired) electrons. The summed E-state index contributed by atoms with van der Waals surface area (Å²) in [5.74, 6) is 2.71. The summed E-state index contributed by atoms with van der Waals surface area (Å²) < 4.78 is 23.6. The molecule has 0 aromatic heterocycles. The van der Waals surface area contributed by atoms with Crippen molar-refractivity contribution in [1.29, 1.82) is 0 Å². The third-order valence-electron chi connectivity index (χ3n) is 5.62. The second-order valence-electron chi connectivity index (χ2n) is 7.97. The summed E-state index contributed by atoms with van der Waals surface area (Å²) in [6.45, 7) is 3.45. The van der Waals surface area contributed by atoms with Crippen molar-refractivity contribution < 1.29 is 18.9 Å². The zero-order valence-corrected chi connectivity index (χ0v) is 22.2. The van der Waals surface area contributed by atoms with Crippen molar-refractivity contribution in [3.63, 3.8) is 0 Å². The second kappa shape index (κ2) is 12.3. The van der Waals surface area contributed by atoms with Gasteiger partial charge in [-0.1, -0.05) is 48.5 Å². The molecular weight excluding hydrogens is 520 g/mol. The zero-order valence-electron chi connectivity index (χ0n) is 20.6. The summed E-state index contributed by atoms with van der Waals surface area (Å²) in [6, 6.07) is 24.2. The van der Waals surface area contributed by atoms with Crippen LogP contribution < -0.4 is 24.4 Å². The van der Waals surface area contributed by atoms with E-state index in [1.165, 1.54) is 10.8 Å². The number of fused-ring (bicyclic) bond motifs is 1. The average molecular weight is 549 g/mol. The molecule has 0 aliphatic rings. The van der Waals surface area contributed by atoms with E-state index in [4.69, 9.17) is 18.9 Å². The summed E-state index contributed by atoms with van der Waals surface area (Å²) in [7, 11) is 3.24. The van der Waals surface area contributed by atoms with Gasteiger partial charge in [-0.3, -0.25) is 0 Å². The maximum absolute atomic E-state index is 6.24. The number of nitrogens with one attached hydrogen (secondary N) is 1. The predicted molar refractivity (Wildman–Crippen MR) is 148 cm³/mol. The van der Waals surface area contributed by atoms with Crippen LogP contribution in [0.25, 0.3) is 10.8 Å². The molecule has 4 rings (SSSR count). The fraction of sp³-hybridized carbons (Fsp3) is 0.207. The third-order valence-corrected chi connectivity index (χ3v) is 6.21. The molecule has 0 amide bonds. The van der Waals surface area contributed by atoms with Gasteiger partial charge in [-0.2, -0.15) is 5.10 Å². The lowest BCUT2D eigenvalue weighted by Gasteiger charge is -2.15. The summed E-state index contributed by atoms with van der Waals surface area (Å²) in [4.78, 5) is 0. The van der Waals surface area contributed by atoms with Crippen molar-refractivity contribution in [2.75, 3.05) is 20.8 Å². The van der Waals surface area contributed by atoms with Crippen LogP contribution in [-0.2, 0) is 13.2 Å². The van der Waals surface area contributed by atoms with E-state index >= 15 is 0 Å². The molecule has 6 nitrogen and oxygen atoms in total. The Morgan fingerprint density at radius 3 is 2.47 bits per heavy atom. The molecule has 0 unspecified atom stereocenters. The van der Waals surface area contributed by atoms with E-state index < -0.39 is 0 Å². The van der Waals surface area contributed by atoms with Crippen LogP contribution in [0, 0.1) is 0 Å². The Labute approximate surface area is 220 Å². The van der Waals surface area contributed by atoms with Gasteiger partial charge in [0.05, 0.1) is 38.1 Å². The minimum Gasteiger partial charge on any atom is -0.493 e. The Morgan fingerprint density at radius 1 is 0.861 bits per heavy atom. The lowest BCUT2D eigenvalue weighted by Crippen LogP contribution is -2.06. The van der Waals surface area contributed by atoms with Crippen molar-refractivity contribution in [2.45, 2.75) is 20.1 Å². The zero-order chi connectivity index (χ0) is 25.3. The number of nitrogens with zero attached hydrogens (tertiary/aromatic N) is 1. The number of hydrogen-bond donors (Lipinski definition) is 1. The van der Waals surface area contributed by atoms with Gasteiger partial charge in [-0.25, -0.2) is 0 Å². The predicted octanol–water partition coefficient (Wildman–Crippen LogP) is 6.72. The Bertz CT molecular complexity index is 1350. The van der Waals surface area contributed by atoms with Gasteiger partial charge in [-0.05, 0) is 74.6 Å². The van der Waals surface area contributed by atoms with Gasteiger partial charge < -0.3 is 24.4 Å². The van der Waals surface area contributed by atoms with E-state index in [0.717, 1.165) is 21.2 Å². The first-order chi connectivity index (χ1) is 17.6. The van der Waals surface area contributed by atoms with Crippen molar-refractivity contribution in [3.8, 4) is 23.0 Å². The molecule has 0 fully saturated rings. The van der Waals surface area contributed by atoms with Gasteiger partial charge in [0.1, 0.15) is 6.61 Å². The first-order valence-electron chi connectivity index (χ1n) is 11.7. The number of hydrazone groups is 1. The van der Waals surface area contributed by atoms with Crippen LogP contribution >= 0.6 is 15.9 Å². The van der Waals surface area contributed by atoms with Gasteiger partial charge in [-0.15, -0.1) is 0 Å². The van der Waals surface area contributed by atoms with Crippen molar-refractivity contribution in [2.24, 2.45) is 5.10 Å². The van der Waals surface area contributed by atoms with Gasteiger partial charge in [0.25, 0.3) is 0 Å². The van der Waals surface area contributed by atoms with Crippen molar-refractivity contribution >= 4 is 32.9 Å². The van der Waals surface area contributed by atoms with Crippen molar-refractivity contribution in [1.82, 2.24) is 5.43 Å². The highest BCUT2D eigenvalue weighted by molar-refractivity contribution is 9.10. The third kappa shape index (κ3) is 6.10. The highest BCUT2D eigenvalue weighted by Crippen LogP contribution is 2.37. The fourth-order valence-corrected chi connectivity index (χ4v) is 4.46. The lowest BCUT2D eigenvalue weighted by atomic mass is 10.1. The van der Waals surface area contributed by atoms with E-state index in [2.05, 4.69) is 50.7 Å². The van der Waals surface area contributed by atoms with Gasteiger partial charge in [0.15, 0.2) is 23.0 Å². The molecule has 4 aromatic carbocycles. The number of rotatable bonds is 11. The molecule has 7 heteroatoms. The summed E-state index contributed by atoms with van der Waals surface area (Å²) in [5, 5.41) is 6.74. The van der Waals surface area contributed by atoms with Crippen LogP contribution in [0.4, 0.5) is 0 Å².